The molecule has 0 aliphatic carbocycles. The van der Waals surface area contributed by atoms with Gasteiger partial charge in [-0.3, -0.25) is 19.6 Å². The van der Waals surface area contributed by atoms with Crippen molar-refractivity contribution in [1.82, 2.24) is 30.2 Å². The Morgan fingerprint density at radius 1 is 1.41 bits per heavy atom. The van der Waals surface area contributed by atoms with E-state index in [0.717, 1.165) is 4.88 Å². The van der Waals surface area contributed by atoms with Gasteiger partial charge in [0.05, 0.1) is 12.0 Å². The lowest BCUT2D eigenvalue weighted by Crippen LogP contribution is -2.52. The normalized spacial score (nSPS) is 19.1. The van der Waals surface area contributed by atoms with E-state index in [2.05, 4.69) is 26.1 Å². The van der Waals surface area contributed by atoms with Gasteiger partial charge in [0.25, 0.3) is 5.91 Å². The number of aryl methyl sites for hydroxylation is 1. The van der Waals surface area contributed by atoms with Crippen molar-refractivity contribution in [1.29, 1.82) is 0 Å². The van der Waals surface area contributed by atoms with Gasteiger partial charge in [0.2, 0.25) is 11.8 Å². The van der Waals surface area contributed by atoms with Gasteiger partial charge in [0, 0.05) is 31.8 Å². The number of nitrogens with one attached hydrogen (secondary N) is 3. The second-order valence-electron chi connectivity index (χ2n) is 6.76. The Labute approximate surface area is 170 Å². The number of thiophene rings is 1. The first-order valence-electron chi connectivity index (χ1n) is 9.02. The third kappa shape index (κ3) is 3.87. The first kappa shape index (κ1) is 19.2. The summed E-state index contributed by atoms with van der Waals surface area (Å²) in [6, 6.07) is 5.63. The summed E-state index contributed by atoms with van der Waals surface area (Å²) in [4.78, 5) is 25.9. The number of amides is 2. The Bertz CT molecular complexity index is 1040. The Morgan fingerprint density at radius 3 is 2.93 bits per heavy atom. The number of hydrogen-bond donors (Lipinski definition) is 3. The Kier molecular flexibility index (Phi) is 5.07. The maximum absolute atomic E-state index is 12.9. The summed E-state index contributed by atoms with van der Waals surface area (Å²) in [7, 11) is 3.17. The van der Waals surface area contributed by atoms with E-state index in [1.54, 1.807) is 35.3 Å². The highest BCUT2D eigenvalue weighted by atomic mass is 32.1. The van der Waals surface area contributed by atoms with Crippen LogP contribution in [-0.4, -0.2) is 44.5 Å². The molecule has 0 bridgehead atoms. The van der Waals surface area contributed by atoms with Gasteiger partial charge in [-0.2, -0.15) is 5.10 Å². The van der Waals surface area contributed by atoms with E-state index >= 15 is 0 Å². The van der Waals surface area contributed by atoms with Crippen molar-refractivity contribution in [2.24, 2.45) is 7.05 Å². The average molecular weight is 415 g/mol. The van der Waals surface area contributed by atoms with Crippen molar-refractivity contribution in [3.05, 3.63) is 35.3 Å². The minimum Gasteiger partial charge on any atom is -0.479 e. The molecule has 1 fully saturated rings. The summed E-state index contributed by atoms with van der Waals surface area (Å²) in [6.07, 6.45) is 1.38. The smallest absolute Gasteiger partial charge is 0.263 e. The van der Waals surface area contributed by atoms with Crippen molar-refractivity contribution in [2.45, 2.75) is 25.7 Å². The third-order valence-electron chi connectivity index (χ3n) is 4.46. The van der Waals surface area contributed by atoms with Crippen LogP contribution in [0.5, 0.6) is 5.88 Å². The highest BCUT2D eigenvalue weighted by Gasteiger charge is 2.28. The van der Waals surface area contributed by atoms with Crippen LogP contribution in [0.3, 0.4) is 0 Å². The Hall–Kier alpha value is -3.18. The molecule has 0 saturated carbocycles. The van der Waals surface area contributed by atoms with E-state index in [1.165, 1.54) is 11.8 Å². The van der Waals surface area contributed by atoms with E-state index in [0.29, 0.717) is 23.5 Å². The van der Waals surface area contributed by atoms with Crippen LogP contribution in [-0.2, 0) is 11.8 Å². The quantitative estimate of drug-likeness (QED) is 0.583. The molecule has 1 aliphatic rings. The lowest BCUT2D eigenvalue weighted by Gasteiger charge is -2.30. The molecule has 4 rings (SSSR count). The molecule has 4 heterocycles. The molecule has 152 valence electrons. The summed E-state index contributed by atoms with van der Waals surface area (Å²) in [5, 5.41) is 19.7. The molecule has 29 heavy (non-hydrogen) atoms. The largest absolute Gasteiger partial charge is 0.479 e. The van der Waals surface area contributed by atoms with Crippen molar-refractivity contribution >= 4 is 29.0 Å². The van der Waals surface area contributed by atoms with Gasteiger partial charge >= 0.3 is 0 Å². The fourth-order valence-electron chi connectivity index (χ4n) is 3.18. The van der Waals surface area contributed by atoms with Crippen molar-refractivity contribution in [3.8, 4) is 16.5 Å². The van der Waals surface area contributed by atoms with Gasteiger partial charge in [0.15, 0.2) is 6.29 Å². The maximum Gasteiger partial charge on any atom is 0.263 e. The second kappa shape index (κ2) is 7.68. The lowest BCUT2D eigenvalue weighted by atomic mass is 10.2. The lowest BCUT2D eigenvalue weighted by molar-refractivity contribution is -0.125. The van der Waals surface area contributed by atoms with Crippen molar-refractivity contribution < 1.29 is 14.3 Å². The topological polar surface area (TPSA) is 115 Å². The first-order valence-corrected chi connectivity index (χ1v) is 9.90. The van der Waals surface area contributed by atoms with E-state index in [4.69, 9.17) is 4.74 Å². The predicted octanol–water partition coefficient (Wildman–Crippen LogP) is 1.56. The molecule has 3 aromatic rings. The molecule has 11 heteroatoms. The van der Waals surface area contributed by atoms with Gasteiger partial charge in [-0.1, -0.05) is 6.07 Å². The summed E-state index contributed by atoms with van der Waals surface area (Å²) in [5.74, 6) is 0.202. The molecule has 0 spiro atoms. The number of anilines is 1. The van der Waals surface area contributed by atoms with Crippen LogP contribution >= 0.6 is 11.3 Å². The molecule has 2 amide bonds. The molecule has 10 nitrogen and oxygen atoms in total. The SMILES string of the molecule is COc1nn(C)cc1C(=O)Nc1cc(-c2cccs2)nn1C1NC(=O)CC(C)N1. The van der Waals surface area contributed by atoms with Crippen LogP contribution in [0.25, 0.3) is 10.6 Å². The zero-order chi connectivity index (χ0) is 20.5. The molecule has 2 atom stereocenters. The number of carbonyl (C=O) groups is 2. The number of nitrogens with zero attached hydrogens (tertiary/aromatic N) is 4. The molecular weight excluding hydrogens is 394 g/mol. The van der Waals surface area contributed by atoms with Crippen LogP contribution in [0.1, 0.15) is 30.0 Å². The van der Waals surface area contributed by atoms with Gasteiger partial charge in [-0.05, 0) is 18.4 Å². The molecule has 0 aromatic carbocycles. The monoisotopic (exact) mass is 415 g/mol. The summed E-state index contributed by atoms with van der Waals surface area (Å²) in [6.45, 7) is 1.92. The van der Waals surface area contributed by atoms with E-state index < -0.39 is 6.29 Å². The summed E-state index contributed by atoms with van der Waals surface area (Å²) < 4.78 is 8.26. The Balaban J connectivity index is 1.69. The fraction of sp³-hybridized carbons (Fsp3) is 0.333. The highest BCUT2D eigenvalue weighted by Crippen LogP contribution is 2.28. The highest BCUT2D eigenvalue weighted by molar-refractivity contribution is 7.13. The van der Waals surface area contributed by atoms with Crippen molar-refractivity contribution in [2.75, 3.05) is 12.4 Å². The number of ether oxygens (including phenoxy) is 1. The molecule has 2 unspecified atom stereocenters. The second-order valence-corrected chi connectivity index (χ2v) is 7.71. The van der Waals surface area contributed by atoms with Crippen molar-refractivity contribution in [3.63, 3.8) is 0 Å². The molecule has 1 saturated heterocycles. The number of carbonyl (C=O) groups excluding carboxylic acids is 2. The minimum atomic E-state index is -0.578. The van der Waals surface area contributed by atoms with E-state index in [9.17, 15) is 9.59 Å². The van der Waals surface area contributed by atoms with Gasteiger partial charge in [-0.25, -0.2) is 4.68 Å². The standard InChI is InChI=1S/C18H21N7O3S/c1-10-7-15(26)21-18(19-10)25-14(8-12(22-25)13-5-4-6-29-13)20-16(27)11-9-24(2)23-17(11)28-3/h4-6,8-10,18-19H,7H2,1-3H3,(H,20,27)(H,21,26). The number of aromatic nitrogens is 4. The number of methoxy groups -OCH3 is 1. The fourth-order valence-corrected chi connectivity index (χ4v) is 3.86. The predicted molar refractivity (Wildman–Crippen MR) is 108 cm³/mol. The van der Waals surface area contributed by atoms with Crippen LogP contribution in [0.4, 0.5) is 5.82 Å². The molecule has 0 radical (unpaired) electrons. The molecule has 3 N–H and O–H groups in total. The van der Waals surface area contributed by atoms with Crippen LogP contribution < -0.4 is 20.7 Å². The van der Waals surface area contributed by atoms with E-state index in [-0.39, 0.29) is 23.7 Å². The van der Waals surface area contributed by atoms with Gasteiger partial charge in [0.1, 0.15) is 17.1 Å². The van der Waals surface area contributed by atoms with Gasteiger partial charge in [-0.15, -0.1) is 16.4 Å². The van der Waals surface area contributed by atoms with Crippen LogP contribution in [0, 0.1) is 0 Å². The van der Waals surface area contributed by atoms with Gasteiger partial charge < -0.3 is 15.4 Å². The Morgan fingerprint density at radius 2 is 2.24 bits per heavy atom. The minimum absolute atomic E-state index is 0.0230. The van der Waals surface area contributed by atoms with Crippen LogP contribution in [0.2, 0.25) is 0 Å². The average Bonchev–Trinajstić information content (AvgIpc) is 3.39. The third-order valence-corrected chi connectivity index (χ3v) is 5.35. The number of hydrogen-bond acceptors (Lipinski definition) is 7. The first-order chi connectivity index (χ1) is 13.9. The van der Waals surface area contributed by atoms with Crippen LogP contribution in [0.15, 0.2) is 29.8 Å². The molecule has 3 aromatic heterocycles. The molecular formula is C18H21N7O3S. The maximum atomic E-state index is 12.9. The zero-order valence-corrected chi connectivity index (χ0v) is 17.0. The van der Waals surface area contributed by atoms with E-state index in [1.807, 2.05) is 24.4 Å². The summed E-state index contributed by atoms with van der Waals surface area (Å²) in [5.41, 5.74) is 0.997. The molecule has 1 aliphatic heterocycles. The zero-order valence-electron chi connectivity index (χ0n) is 16.2. The number of rotatable bonds is 5. The summed E-state index contributed by atoms with van der Waals surface area (Å²) >= 11 is 1.54.